The van der Waals surface area contributed by atoms with E-state index in [4.69, 9.17) is 25.8 Å². The summed E-state index contributed by atoms with van der Waals surface area (Å²) in [5.41, 5.74) is 1.05. The molecular weight excluding hydrogens is 470 g/mol. The van der Waals surface area contributed by atoms with Gasteiger partial charge in [-0.25, -0.2) is 4.98 Å². The number of hydrogen-bond donors (Lipinski definition) is 2. The average Bonchev–Trinajstić information content (AvgIpc) is 3.47. The van der Waals surface area contributed by atoms with Gasteiger partial charge in [0.15, 0.2) is 22.3 Å². The third kappa shape index (κ3) is 4.08. The van der Waals surface area contributed by atoms with Crippen molar-refractivity contribution in [3.63, 3.8) is 0 Å². The molecule has 2 aromatic carbocycles. The number of carbonyl (C=O) groups is 1. The second kappa shape index (κ2) is 8.68. The smallest absolute Gasteiger partial charge is 0.269 e. The third-order valence-electron chi connectivity index (χ3n) is 4.83. The van der Waals surface area contributed by atoms with Gasteiger partial charge in [0.2, 0.25) is 12.7 Å². The van der Waals surface area contributed by atoms with Crippen LogP contribution in [0.25, 0.3) is 16.7 Å². The molecule has 0 atom stereocenters. The number of halogens is 1. The maximum absolute atomic E-state index is 13.2. The van der Waals surface area contributed by atoms with Crippen LogP contribution in [0.3, 0.4) is 0 Å². The number of carbonyl (C=O) groups excluding carboxylic acids is 1. The van der Waals surface area contributed by atoms with Crippen LogP contribution in [-0.2, 0) is 4.79 Å². The average molecular weight is 486 g/mol. The largest absolute Gasteiger partial charge is 0.495 e. The van der Waals surface area contributed by atoms with E-state index in [1.54, 1.807) is 36.4 Å². The third-order valence-corrected chi connectivity index (χ3v) is 6.07. The number of aromatic nitrogens is 4. The van der Waals surface area contributed by atoms with Crippen LogP contribution in [0, 0.1) is 0 Å². The highest BCUT2D eigenvalue weighted by molar-refractivity contribution is 7.99. The molecule has 168 valence electrons. The molecule has 0 unspecified atom stereocenters. The Balaban J connectivity index is 1.42. The number of aromatic amines is 1. The fourth-order valence-corrected chi connectivity index (χ4v) is 4.35. The molecule has 0 saturated carbocycles. The molecule has 12 heteroatoms. The summed E-state index contributed by atoms with van der Waals surface area (Å²) in [6.45, 7) is 0.150. The molecule has 1 amide bonds. The van der Waals surface area contributed by atoms with E-state index < -0.39 is 0 Å². The summed E-state index contributed by atoms with van der Waals surface area (Å²) in [4.78, 5) is 30.3. The van der Waals surface area contributed by atoms with E-state index in [0.717, 1.165) is 11.8 Å². The number of amides is 1. The maximum Gasteiger partial charge on any atom is 0.269 e. The Hall–Kier alpha value is -3.70. The number of hydrogen-bond acceptors (Lipinski definition) is 8. The number of benzene rings is 2. The molecule has 33 heavy (non-hydrogen) atoms. The van der Waals surface area contributed by atoms with Crippen LogP contribution in [-0.4, -0.2) is 45.3 Å². The van der Waals surface area contributed by atoms with Crippen molar-refractivity contribution in [2.45, 2.75) is 5.16 Å². The standard InChI is InChI=1S/C21H16ClN5O5S/c1-30-15-5-3-12(7-14(15)22)27-20(29)13-8-23-26-19(13)25-21(27)33-9-18(28)24-11-2-4-16-17(6-11)32-10-31-16/h2-8H,9-10H2,1H3,(H,23,26)(H,24,28). The number of ether oxygens (including phenoxy) is 3. The number of fused-ring (bicyclic) bond motifs is 2. The highest BCUT2D eigenvalue weighted by Gasteiger charge is 2.18. The van der Waals surface area contributed by atoms with Crippen molar-refractivity contribution in [2.75, 3.05) is 25.0 Å². The summed E-state index contributed by atoms with van der Waals surface area (Å²) < 4.78 is 17.2. The van der Waals surface area contributed by atoms with Gasteiger partial charge in [0, 0.05) is 11.8 Å². The summed E-state index contributed by atoms with van der Waals surface area (Å²) in [5.74, 6) is 1.39. The molecule has 2 aromatic heterocycles. The predicted molar refractivity (Wildman–Crippen MR) is 123 cm³/mol. The van der Waals surface area contributed by atoms with Crippen LogP contribution < -0.4 is 25.1 Å². The zero-order chi connectivity index (χ0) is 22.9. The van der Waals surface area contributed by atoms with Gasteiger partial charge in [-0.3, -0.25) is 19.3 Å². The summed E-state index contributed by atoms with van der Waals surface area (Å²) in [6, 6.07) is 10.1. The molecule has 0 bridgehead atoms. The van der Waals surface area contributed by atoms with Crippen molar-refractivity contribution in [1.29, 1.82) is 0 Å². The first-order valence-electron chi connectivity index (χ1n) is 9.66. The number of nitrogens with zero attached hydrogens (tertiary/aromatic N) is 3. The molecule has 0 saturated heterocycles. The fraction of sp³-hybridized carbons (Fsp3) is 0.143. The predicted octanol–water partition coefficient (Wildman–Crippen LogP) is 3.23. The minimum absolute atomic E-state index is 0.00438. The Morgan fingerprint density at radius 3 is 2.94 bits per heavy atom. The molecular formula is C21H16ClN5O5S. The van der Waals surface area contributed by atoms with Gasteiger partial charge in [-0.05, 0) is 30.3 Å². The number of methoxy groups -OCH3 is 1. The Bertz CT molecular complexity index is 1440. The van der Waals surface area contributed by atoms with Crippen LogP contribution in [0.1, 0.15) is 0 Å². The van der Waals surface area contributed by atoms with Crippen molar-refractivity contribution < 1.29 is 19.0 Å². The van der Waals surface area contributed by atoms with E-state index in [1.807, 2.05) is 0 Å². The SMILES string of the molecule is COc1ccc(-n2c(SCC(=O)Nc3ccc4c(c3)OCO4)nc3[nH]ncc3c2=O)cc1Cl. The summed E-state index contributed by atoms with van der Waals surface area (Å²) >= 11 is 7.37. The molecule has 10 nitrogen and oxygen atoms in total. The van der Waals surface area contributed by atoms with Crippen LogP contribution in [0.15, 0.2) is 52.5 Å². The summed E-state index contributed by atoms with van der Waals surface area (Å²) in [6.07, 6.45) is 1.41. The molecule has 2 N–H and O–H groups in total. The van der Waals surface area contributed by atoms with Crippen molar-refractivity contribution >= 4 is 46.0 Å². The molecule has 4 aromatic rings. The number of H-pyrrole nitrogens is 1. The maximum atomic E-state index is 13.2. The van der Waals surface area contributed by atoms with Crippen LogP contribution in [0.2, 0.25) is 5.02 Å². The lowest BCUT2D eigenvalue weighted by atomic mass is 10.3. The molecule has 0 radical (unpaired) electrons. The van der Waals surface area contributed by atoms with Gasteiger partial charge in [-0.2, -0.15) is 5.10 Å². The van der Waals surface area contributed by atoms with E-state index in [1.165, 1.54) is 17.9 Å². The first-order valence-corrected chi connectivity index (χ1v) is 11.0. The second-order valence-corrected chi connectivity index (χ2v) is 8.24. The highest BCUT2D eigenvalue weighted by atomic mass is 35.5. The van der Waals surface area contributed by atoms with Crippen molar-refractivity contribution in [1.82, 2.24) is 19.7 Å². The molecule has 0 aliphatic carbocycles. The van der Waals surface area contributed by atoms with Crippen molar-refractivity contribution in [2.24, 2.45) is 0 Å². The molecule has 5 rings (SSSR count). The summed E-state index contributed by atoms with van der Waals surface area (Å²) in [5, 5.41) is 10.4. The second-order valence-electron chi connectivity index (χ2n) is 6.89. The number of anilines is 1. The number of rotatable bonds is 6. The van der Waals surface area contributed by atoms with Gasteiger partial charge in [0.1, 0.15) is 11.1 Å². The van der Waals surface area contributed by atoms with Gasteiger partial charge in [0.05, 0.1) is 29.8 Å². The van der Waals surface area contributed by atoms with Gasteiger partial charge >= 0.3 is 0 Å². The van der Waals surface area contributed by atoms with Gasteiger partial charge in [0.25, 0.3) is 5.56 Å². The first-order chi connectivity index (χ1) is 16.0. The lowest BCUT2D eigenvalue weighted by Crippen LogP contribution is -2.22. The van der Waals surface area contributed by atoms with E-state index in [2.05, 4.69) is 20.5 Å². The highest BCUT2D eigenvalue weighted by Crippen LogP contribution is 2.34. The van der Waals surface area contributed by atoms with Crippen LogP contribution in [0.4, 0.5) is 5.69 Å². The first kappa shape index (κ1) is 21.2. The molecule has 0 spiro atoms. The number of nitrogens with one attached hydrogen (secondary N) is 2. The Labute approximate surface area is 195 Å². The van der Waals surface area contributed by atoms with Crippen LogP contribution in [0.5, 0.6) is 17.2 Å². The molecule has 1 aliphatic heterocycles. The Kier molecular flexibility index (Phi) is 5.56. The summed E-state index contributed by atoms with van der Waals surface area (Å²) in [7, 11) is 1.51. The normalized spacial score (nSPS) is 12.2. The van der Waals surface area contributed by atoms with E-state index >= 15 is 0 Å². The van der Waals surface area contributed by atoms with Crippen molar-refractivity contribution in [3.8, 4) is 22.9 Å². The lowest BCUT2D eigenvalue weighted by molar-refractivity contribution is -0.113. The Morgan fingerprint density at radius 2 is 2.12 bits per heavy atom. The minimum Gasteiger partial charge on any atom is -0.495 e. The van der Waals surface area contributed by atoms with E-state index in [0.29, 0.717) is 49.8 Å². The lowest BCUT2D eigenvalue weighted by Gasteiger charge is -2.13. The minimum atomic E-state index is -0.339. The van der Waals surface area contributed by atoms with Gasteiger partial charge in [-0.15, -0.1) is 0 Å². The topological polar surface area (TPSA) is 120 Å². The zero-order valence-electron chi connectivity index (χ0n) is 17.1. The van der Waals surface area contributed by atoms with Crippen molar-refractivity contribution in [3.05, 3.63) is 58.0 Å². The fourth-order valence-electron chi connectivity index (χ4n) is 3.29. The van der Waals surface area contributed by atoms with Crippen LogP contribution >= 0.6 is 23.4 Å². The molecule has 3 heterocycles. The van der Waals surface area contributed by atoms with Gasteiger partial charge < -0.3 is 19.5 Å². The van der Waals surface area contributed by atoms with E-state index in [-0.39, 0.29) is 24.0 Å². The Morgan fingerprint density at radius 1 is 1.27 bits per heavy atom. The number of thioether (sulfide) groups is 1. The zero-order valence-corrected chi connectivity index (χ0v) is 18.7. The molecule has 1 aliphatic rings. The quantitative estimate of drug-likeness (QED) is 0.315. The van der Waals surface area contributed by atoms with Gasteiger partial charge in [-0.1, -0.05) is 23.4 Å². The monoisotopic (exact) mass is 485 g/mol. The van der Waals surface area contributed by atoms with E-state index in [9.17, 15) is 9.59 Å². The molecule has 0 fully saturated rings.